The second-order valence-corrected chi connectivity index (χ2v) is 5.81. The number of aliphatic hydroxyl groups excluding tert-OH is 1. The minimum Gasteiger partial charge on any atom is -0.508 e. The highest BCUT2D eigenvalue weighted by atomic mass is 16.3. The number of carbonyl (C=O) groups is 1. The van der Waals surface area contributed by atoms with E-state index in [-0.39, 0.29) is 23.6 Å². The van der Waals surface area contributed by atoms with Gasteiger partial charge in [-0.2, -0.15) is 0 Å². The molecule has 1 aromatic carbocycles. The Labute approximate surface area is 114 Å². The van der Waals surface area contributed by atoms with Crippen molar-refractivity contribution in [1.82, 2.24) is 5.32 Å². The first-order valence-corrected chi connectivity index (χ1v) is 6.52. The summed E-state index contributed by atoms with van der Waals surface area (Å²) in [6, 6.07) is 6.98. The van der Waals surface area contributed by atoms with Crippen LogP contribution >= 0.6 is 0 Å². The van der Waals surface area contributed by atoms with Crippen molar-refractivity contribution in [2.75, 3.05) is 6.54 Å². The van der Waals surface area contributed by atoms with E-state index in [0.29, 0.717) is 12.8 Å². The lowest BCUT2D eigenvalue weighted by Crippen LogP contribution is -2.39. The molecular formula is C15H23NO3. The van der Waals surface area contributed by atoms with Crippen molar-refractivity contribution in [1.29, 1.82) is 0 Å². The lowest BCUT2D eigenvalue weighted by Gasteiger charge is -2.25. The van der Waals surface area contributed by atoms with Gasteiger partial charge in [0.05, 0.1) is 6.10 Å². The van der Waals surface area contributed by atoms with Crippen LogP contribution in [0.25, 0.3) is 0 Å². The summed E-state index contributed by atoms with van der Waals surface area (Å²) < 4.78 is 0. The first-order valence-electron chi connectivity index (χ1n) is 6.52. The fourth-order valence-corrected chi connectivity index (χ4v) is 1.58. The van der Waals surface area contributed by atoms with Gasteiger partial charge in [-0.25, -0.2) is 0 Å². The van der Waals surface area contributed by atoms with Crippen LogP contribution in [0.3, 0.4) is 0 Å². The Morgan fingerprint density at radius 1 is 1.32 bits per heavy atom. The number of phenols is 1. The maximum Gasteiger partial charge on any atom is 0.220 e. The molecule has 19 heavy (non-hydrogen) atoms. The molecule has 0 aliphatic heterocycles. The zero-order valence-electron chi connectivity index (χ0n) is 11.8. The molecular weight excluding hydrogens is 242 g/mol. The molecule has 0 aliphatic carbocycles. The van der Waals surface area contributed by atoms with Crippen molar-refractivity contribution < 1.29 is 15.0 Å². The summed E-state index contributed by atoms with van der Waals surface area (Å²) in [5.74, 6) is 0.0941. The van der Waals surface area contributed by atoms with E-state index in [1.54, 1.807) is 18.2 Å². The third-order valence-electron chi connectivity index (χ3n) is 3.11. The number of amides is 1. The van der Waals surface area contributed by atoms with E-state index in [9.17, 15) is 15.0 Å². The number of aryl methyl sites for hydroxylation is 1. The highest BCUT2D eigenvalue weighted by Crippen LogP contribution is 2.19. The maximum absolute atomic E-state index is 11.7. The summed E-state index contributed by atoms with van der Waals surface area (Å²) in [5, 5.41) is 22.1. The van der Waals surface area contributed by atoms with Gasteiger partial charge >= 0.3 is 0 Å². The van der Waals surface area contributed by atoms with E-state index >= 15 is 0 Å². The van der Waals surface area contributed by atoms with Crippen LogP contribution in [0.4, 0.5) is 0 Å². The number of carbonyl (C=O) groups excluding carboxylic acids is 1. The van der Waals surface area contributed by atoms with Gasteiger partial charge in [-0.3, -0.25) is 4.79 Å². The predicted molar refractivity (Wildman–Crippen MR) is 74.9 cm³/mol. The SMILES string of the molecule is CC(C)(C)C(O)CNC(=O)CCc1ccccc1O. The van der Waals surface area contributed by atoms with Gasteiger partial charge in [0.2, 0.25) is 5.91 Å². The number of hydrogen-bond donors (Lipinski definition) is 3. The molecule has 0 bridgehead atoms. The van der Waals surface area contributed by atoms with E-state index in [2.05, 4.69) is 5.32 Å². The third kappa shape index (κ3) is 5.30. The monoisotopic (exact) mass is 265 g/mol. The molecule has 3 N–H and O–H groups in total. The maximum atomic E-state index is 11.7. The summed E-state index contributed by atoms with van der Waals surface area (Å²) in [6.45, 7) is 6.02. The van der Waals surface area contributed by atoms with E-state index in [1.807, 2.05) is 26.8 Å². The molecule has 1 aromatic rings. The number of aromatic hydroxyl groups is 1. The Balaban J connectivity index is 2.35. The normalized spacial score (nSPS) is 13.1. The highest BCUT2D eigenvalue weighted by molar-refractivity contribution is 5.76. The minimum absolute atomic E-state index is 0.119. The number of benzene rings is 1. The molecule has 0 saturated carbocycles. The standard InChI is InChI=1S/C15H23NO3/c1-15(2,3)13(18)10-16-14(19)9-8-11-6-4-5-7-12(11)17/h4-7,13,17-18H,8-10H2,1-3H3,(H,16,19). The van der Waals surface area contributed by atoms with Crippen LogP contribution in [-0.2, 0) is 11.2 Å². The molecule has 0 saturated heterocycles. The Bertz CT molecular complexity index is 424. The summed E-state index contributed by atoms with van der Waals surface area (Å²) in [5.41, 5.74) is 0.513. The number of aliphatic hydroxyl groups is 1. The fraction of sp³-hybridized carbons (Fsp3) is 0.533. The van der Waals surface area contributed by atoms with Crippen molar-refractivity contribution in [3.8, 4) is 5.75 Å². The van der Waals surface area contributed by atoms with Crippen molar-refractivity contribution in [3.05, 3.63) is 29.8 Å². The molecule has 0 spiro atoms. The predicted octanol–water partition coefficient (Wildman–Crippen LogP) is 1.85. The number of hydrogen-bond acceptors (Lipinski definition) is 3. The van der Waals surface area contributed by atoms with Gasteiger partial charge in [-0.1, -0.05) is 39.0 Å². The molecule has 0 heterocycles. The molecule has 0 fully saturated rings. The van der Waals surface area contributed by atoms with Gasteiger partial charge in [0, 0.05) is 13.0 Å². The molecule has 0 aliphatic rings. The van der Waals surface area contributed by atoms with Crippen LogP contribution < -0.4 is 5.32 Å². The fourth-order valence-electron chi connectivity index (χ4n) is 1.58. The molecule has 106 valence electrons. The summed E-state index contributed by atoms with van der Waals surface area (Å²) in [6.07, 6.45) is 0.222. The van der Waals surface area contributed by atoms with E-state index in [4.69, 9.17) is 0 Å². The first kappa shape index (κ1) is 15.5. The first-order chi connectivity index (χ1) is 8.80. The molecule has 4 heteroatoms. The average Bonchev–Trinajstić information content (AvgIpc) is 2.33. The van der Waals surface area contributed by atoms with E-state index < -0.39 is 6.10 Å². The van der Waals surface area contributed by atoms with Crippen LogP contribution in [0.15, 0.2) is 24.3 Å². The van der Waals surface area contributed by atoms with Gasteiger partial charge in [0.25, 0.3) is 0 Å². The number of phenolic OH excluding ortho intramolecular Hbond substituents is 1. The van der Waals surface area contributed by atoms with Crippen LogP contribution in [0.5, 0.6) is 5.75 Å². The van der Waals surface area contributed by atoms with Crippen molar-refractivity contribution in [2.45, 2.75) is 39.7 Å². The number of nitrogens with one attached hydrogen (secondary N) is 1. The molecule has 1 unspecified atom stereocenters. The molecule has 1 atom stereocenters. The van der Waals surface area contributed by atoms with Crippen molar-refractivity contribution >= 4 is 5.91 Å². The van der Waals surface area contributed by atoms with Crippen LogP contribution in [0.2, 0.25) is 0 Å². The lowest BCUT2D eigenvalue weighted by molar-refractivity contribution is -0.121. The number of rotatable bonds is 5. The molecule has 4 nitrogen and oxygen atoms in total. The minimum atomic E-state index is -0.568. The zero-order chi connectivity index (χ0) is 14.5. The number of para-hydroxylation sites is 1. The van der Waals surface area contributed by atoms with Crippen molar-refractivity contribution in [2.24, 2.45) is 5.41 Å². The summed E-state index contributed by atoms with van der Waals surface area (Å²) in [4.78, 5) is 11.7. The summed E-state index contributed by atoms with van der Waals surface area (Å²) in [7, 11) is 0. The van der Waals surface area contributed by atoms with Crippen LogP contribution in [0, 0.1) is 5.41 Å². The zero-order valence-corrected chi connectivity index (χ0v) is 11.8. The quantitative estimate of drug-likeness (QED) is 0.761. The third-order valence-corrected chi connectivity index (χ3v) is 3.11. The van der Waals surface area contributed by atoms with Crippen LogP contribution in [-0.4, -0.2) is 28.8 Å². The van der Waals surface area contributed by atoms with Gasteiger partial charge in [-0.15, -0.1) is 0 Å². The van der Waals surface area contributed by atoms with Crippen LogP contribution in [0.1, 0.15) is 32.8 Å². The average molecular weight is 265 g/mol. The smallest absolute Gasteiger partial charge is 0.220 e. The topological polar surface area (TPSA) is 69.6 Å². The van der Waals surface area contributed by atoms with Gasteiger partial charge in [0.15, 0.2) is 0 Å². The molecule has 0 aromatic heterocycles. The second kappa shape index (κ2) is 6.57. The second-order valence-electron chi connectivity index (χ2n) is 5.81. The Morgan fingerprint density at radius 2 is 1.95 bits per heavy atom. The molecule has 1 rings (SSSR count). The van der Waals surface area contributed by atoms with Gasteiger partial charge < -0.3 is 15.5 Å². The van der Waals surface area contributed by atoms with Gasteiger partial charge in [0.1, 0.15) is 5.75 Å². The largest absolute Gasteiger partial charge is 0.508 e. The van der Waals surface area contributed by atoms with E-state index in [1.165, 1.54) is 0 Å². The van der Waals surface area contributed by atoms with E-state index in [0.717, 1.165) is 5.56 Å². The lowest BCUT2D eigenvalue weighted by atomic mass is 9.89. The summed E-state index contributed by atoms with van der Waals surface area (Å²) >= 11 is 0. The van der Waals surface area contributed by atoms with Crippen molar-refractivity contribution in [3.63, 3.8) is 0 Å². The highest BCUT2D eigenvalue weighted by Gasteiger charge is 2.22. The Hall–Kier alpha value is -1.55. The Kier molecular flexibility index (Phi) is 5.36. The molecule has 1 amide bonds. The molecule has 0 radical (unpaired) electrons. The van der Waals surface area contributed by atoms with Gasteiger partial charge in [-0.05, 0) is 23.5 Å². The Morgan fingerprint density at radius 3 is 2.53 bits per heavy atom.